The third-order valence-corrected chi connectivity index (χ3v) is 3.51. The molecule has 1 aromatic carbocycles. The molecule has 0 radical (unpaired) electrons. The predicted octanol–water partition coefficient (Wildman–Crippen LogP) is 2.23. The van der Waals surface area contributed by atoms with Crippen LogP contribution in [0.3, 0.4) is 0 Å². The van der Waals surface area contributed by atoms with Crippen molar-refractivity contribution in [2.75, 3.05) is 6.54 Å². The standard InChI is InChI=1S/C14H17FN4/c15-12-5-3-11(4-6-12)14(10-1-2-10)16-8-7-13-17-9-18-19-13/h3-6,9-10,14,16H,1-2,7-8H2,(H,17,18,19). The van der Waals surface area contributed by atoms with E-state index in [1.807, 2.05) is 12.1 Å². The molecular weight excluding hydrogens is 243 g/mol. The van der Waals surface area contributed by atoms with E-state index in [9.17, 15) is 4.39 Å². The van der Waals surface area contributed by atoms with Crippen LogP contribution < -0.4 is 5.32 Å². The average molecular weight is 260 g/mol. The molecule has 0 aliphatic heterocycles. The van der Waals surface area contributed by atoms with Gasteiger partial charge in [0.05, 0.1) is 0 Å². The van der Waals surface area contributed by atoms with Gasteiger partial charge in [-0.1, -0.05) is 12.1 Å². The number of aromatic nitrogens is 3. The number of nitrogens with one attached hydrogen (secondary N) is 2. The lowest BCUT2D eigenvalue weighted by Crippen LogP contribution is -2.25. The first kappa shape index (κ1) is 12.3. The normalized spacial score (nSPS) is 16.5. The number of nitrogens with zero attached hydrogens (tertiary/aromatic N) is 2. The number of hydrogen-bond donors (Lipinski definition) is 2. The summed E-state index contributed by atoms with van der Waals surface area (Å²) in [5.41, 5.74) is 1.17. The second-order valence-electron chi connectivity index (χ2n) is 5.00. The van der Waals surface area contributed by atoms with Crippen molar-refractivity contribution in [2.45, 2.75) is 25.3 Å². The lowest BCUT2D eigenvalue weighted by molar-refractivity contribution is 0.480. The van der Waals surface area contributed by atoms with Crippen LogP contribution in [0.25, 0.3) is 0 Å². The van der Waals surface area contributed by atoms with Gasteiger partial charge in [-0.15, -0.1) is 0 Å². The Labute approximate surface area is 111 Å². The first-order valence-corrected chi connectivity index (χ1v) is 6.66. The zero-order valence-corrected chi connectivity index (χ0v) is 10.6. The quantitative estimate of drug-likeness (QED) is 0.837. The molecule has 3 rings (SSSR count). The summed E-state index contributed by atoms with van der Waals surface area (Å²) in [6.07, 6.45) is 4.84. The minimum absolute atomic E-state index is 0.181. The summed E-state index contributed by atoms with van der Waals surface area (Å²) in [5, 5.41) is 10.2. The Morgan fingerprint density at radius 3 is 2.74 bits per heavy atom. The number of rotatable bonds is 6. The number of aromatic amines is 1. The van der Waals surface area contributed by atoms with Crippen molar-refractivity contribution in [3.05, 3.63) is 47.8 Å². The number of hydrogen-bond acceptors (Lipinski definition) is 3. The van der Waals surface area contributed by atoms with Gasteiger partial charge >= 0.3 is 0 Å². The van der Waals surface area contributed by atoms with Crippen LogP contribution in [0, 0.1) is 11.7 Å². The highest BCUT2D eigenvalue weighted by Gasteiger charge is 2.31. The maximum atomic E-state index is 13.0. The van der Waals surface area contributed by atoms with Crippen LogP contribution in [0.15, 0.2) is 30.6 Å². The first-order chi connectivity index (χ1) is 9.33. The molecular formula is C14H17FN4. The molecule has 1 unspecified atom stereocenters. The number of H-pyrrole nitrogens is 1. The van der Waals surface area contributed by atoms with E-state index in [-0.39, 0.29) is 5.82 Å². The van der Waals surface area contributed by atoms with Gasteiger partial charge in [0, 0.05) is 19.0 Å². The van der Waals surface area contributed by atoms with Gasteiger partial charge in [0.2, 0.25) is 0 Å². The molecule has 19 heavy (non-hydrogen) atoms. The molecule has 2 aromatic rings. The van der Waals surface area contributed by atoms with Gasteiger partial charge in [-0.2, -0.15) is 5.10 Å². The molecule has 0 bridgehead atoms. The molecule has 0 amide bonds. The molecule has 4 nitrogen and oxygen atoms in total. The van der Waals surface area contributed by atoms with E-state index < -0.39 is 0 Å². The van der Waals surface area contributed by atoms with Crippen LogP contribution in [0.4, 0.5) is 4.39 Å². The maximum absolute atomic E-state index is 13.0. The van der Waals surface area contributed by atoms with Gasteiger partial charge < -0.3 is 5.32 Å². The van der Waals surface area contributed by atoms with Crippen molar-refractivity contribution in [1.29, 1.82) is 0 Å². The Hall–Kier alpha value is -1.75. The smallest absolute Gasteiger partial charge is 0.137 e. The molecule has 0 saturated heterocycles. The third kappa shape index (κ3) is 3.17. The summed E-state index contributed by atoms with van der Waals surface area (Å²) in [6.45, 7) is 0.841. The number of benzene rings is 1. The highest BCUT2D eigenvalue weighted by Crippen LogP contribution is 2.40. The van der Waals surface area contributed by atoms with Gasteiger partial charge in [-0.05, 0) is 36.5 Å². The van der Waals surface area contributed by atoms with Crippen molar-refractivity contribution in [1.82, 2.24) is 20.5 Å². The fourth-order valence-electron chi connectivity index (χ4n) is 2.35. The summed E-state index contributed by atoms with van der Waals surface area (Å²) in [5.74, 6) is 1.39. The summed E-state index contributed by atoms with van der Waals surface area (Å²) in [6, 6.07) is 7.13. The number of halogens is 1. The van der Waals surface area contributed by atoms with Crippen molar-refractivity contribution < 1.29 is 4.39 Å². The summed E-state index contributed by atoms with van der Waals surface area (Å²) in [4.78, 5) is 4.10. The molecule has 1 fully saturated rings. The van der Waals surface area contributed by atoms with Gasteiger partial charge in [-0.3, -0.25) is 5.10 Å². The van der Waals surface area contributed by atoms with Gasteiger partial charge in [0.15, 0.2) is 0 Å². The highest BCUT2D eigenvalue weighted by molar-refractivity contribution is 5.22. The summed E-state index contributed by atoms with van der Waals surface area (Å²) in [7, 11) is 0. The lowest BCUT2D eigenvalue weighted by Gasteiger charge is -2.18. The van der Waals surface area contributed by atoms with Crippen molar-refractivity contribution in [3.63, 3.8) is 0 Å². The maximum Gasteiger partial charge on any atom is 0.137 e. The fourth-order valence-corrected chi connectivity index (χ4v) is 2.35. The van der Waals surface area contributed by atoms with E-state index in [0.29, 0.717) is 12.0 Å². The molecule has 1 atom stereocenters. The largest absolute Gasteiger partial charge is 0.309 e. The molecule has 5 heteroatoms. The molecule has 1 aliphatic rings. The van der Waals surface area contributed by atoms with Crippen LogP contribution in [-0.2, 0) is 6.42 Å². The first-order valence-electron chi connectivity index (χ1n) is 6.66. The van der Waals surface area contributed by atoms with Crippen molar-refractivity contribution in [3.8, 4) is 0 Å². The monoisotopic (exact) mass is 260 g/mol. The van der Waals surface area contributed by atoms with Crippen molar-refractivity contribution >= 4 is 0 Å². The van der Waals surface area contributed by atoms with E-state index in [1.54, 1.807) is 0 Å². The second kappa shape index (κ2) is 5.48. The van der Waals surface area contributed by atoms with E-state index >= 15 is 0 Å². The molecule has 1 aromatic heterocycles. The van der Waals surface area contributed by atoms with Crippen LogP contribution in [0.5, 0.6) is 0 Å². The van der Waals surface area contributed by atoms with Crippen molar-refractivity contribution in [2.24, 2.45) is 5.92 Å². The Kier molecular flexibility index (Phi) is 3.55. The minimum atomic E-state index is -0.181. The zero-order chi connectivity index (χ0) is 13.1. The molecule has 0 spiro atoms. The zero-order valence-electron chi connectivity index (χ0n) is 10.6. The summed E-state index contributed by atoms with van der Waals surface area (Å²) < 4.78 is 13.0. The van der Waals surface area contributed by atoms with E-state index in [4.69, 9.17) is 0 Å². The predicted molar refractivity (Wildman–Crippen MR) is 70.0 cm³/mol. The van der Waals surface area contributed by atoms with Gasteiger partial charge in [0.25, 0.3) is 0 Å². The molecule has 1 heterocycles. The Morgan fingerprint density at radius 2 is 2.11 bits per heavy atom. The molecule has 2 N–H and O–H groups in total. The van der Waals surface area contributed by atoms with Crippen LogP contribution in [0.2, 0.25) is 0 Å². The molecule has 100 valence electrons. The van der Waals surface area contributed by atoms with Crippen LogP contribution in [-0.4, -0.2) is 21.7 Å². The van der Waals surface area contributed by atoms with E-state index in [1.165, 1.54) is 36.9 Å². The van der Waals surface area contributed by atoms with Crippen LogP contribution >= 0.6 is 0 Å². The third-order valence-electron chi connectivity index (χ3n) is 3.51. The van der Waals surface area contributed by atoms with Gasteiger partial charge in [0.1, 0.15) is 18.0 Å². The minimum Gasteiger partial charge on any atom is -0.309 e. The molecule has 1 saturated carbocycles. The second-order valence-corrected chi connectivity index (χ2v) is 5.00. The van der Waals surface area contributed by atoms with Crippen LogP contribution in [0.1, 0.15) is 30.3 Å². The Morgan fingerprint density at radius 1 is 1.32 bits per heavy atom. The SMILES string of the molecule is Fc1ccc(C(NCCc2ncn[nH]2)C2CC2)cc1. The Balaban J connectivity index is 1.60. The van der Waals surface area contributed by atoms with Gasteiger partial charge in [-0.25, -0.2) is 9.37 Å². The topological polar surface area (TPSA) is 53.6 Å². The highest BCUT2D eigenvalue weighted by atomic mass is 19.1. The van der Waals surface area contributed by atoms with E-state index in [0.717, 1.165) is 18.8 Å². The Bertz CT molecular complexity index is 505. The summed E-state index contributed by atoms with van der Waals surface area (Å²) >= 11 is 0. The fraction of sp³-hybridized carbons (Fsp3) is 0.429. The average Bonchev–Trinajstić information content (AvgIpc) is 3.13. The lowest BCUT2D eigenvalue weighted by atomic mass is 10.0. The van der Waals surface area contributed by atoms with E-state index in [2.05, 4.69) is 20.5 Å². The molecule has 1 aliphatic carbocycles.